The van der Waals surface area contributed by atoms with Gasteiger partial charge in [0.25, 0.3) is 0 Å². The second kappa shape index (κ2) is 17.1. The van der Waals surface area contributed by atoms with Crippen molar-refractivity contribution >= 4 is 33.2 Å². The first-order chi connectivity index (χ1) is 30.3. The van der Waals surface area contributed by atoms with E-state index in [2.05, 4.69) is 249 Å². The van der Waals surface area contributed by atoms with Gasteiger partial charge in [-0.2, -0.15) is 6.07 Å². The van der Waals surface area contributed by atoms with E-state index in [9.17, 15) is 0 Å². The predicted molar refractivity (Wildman–Crippen MR) is 267 cm³/mol. The Balaban J connectivity index is 0.00000576. The topological polar surface area (TPSA) is 33.5 Å². The van der Waals surface area contributed by atoms with E-state index >= 15 is 0 Å². The summed E-state index contributed by atoms with van der Waals surface area (Å²) in [5, 5.41) is 2.22. The summed E-state index contributed by atoms with van der Waals surface area (Å²) in [7, 11) is 0. The first-order valence-electron chi connectivity index (χ1n) is 22.4. The first-order valence-corrected chi connectivity index (χ1v) is 22.4. The average molecular weight is 1040 g/mol. The number of fused-ring (bicyclic) bond motifs is 3. The number of anilines is 2. The van der Waals surface area contributed by atoms with E-state index in [1.54, 1.807) is 0 Å². The van der Waals surface area contributed by atoms with Gasteiger partial charge in [0.2, 0.25) is 0 Å². The molecule has 0 bridgehead atoms. The molecule has 6 aromatic carbocycles. The van der Waals surface area contributed by atoms with Crippen LogP contribution < -0.4 is 14.5 Å². The summed E-state index contributed by atoms with van der Waals surface area (Å²) in [5.41, 5.74) is 11.9. The van der Waals surface area contributed by atoms with Crippen molar-refractivity contribution in [2.75, 3.05) is 9.80 Å². The number of pyridine rings is 1. The number of rotatable bonds is 8. The molecule has 5 nitrogen and oxygen atoms in total. The monoisotopic (exact) mass is 1030 g/mol. The fraction of sp³-hybridized carbons (Fsp3) is 0.254. The van der Waals surface area contributed by atoms with Crippen molar-refractivity contribution in [2.24, 2.45) is 5.41 Å². The van der Waals surface area contributed by atoms with E-state index < -0.39 is 0 Å². The average Bonchev–Trinajstić information content (AvgIpc) is 3.87. The van der Waals surface area contributed by atoms with Crippen LogP contribution in [0.5, 0.6) is 11.5 Å². The third-order valence-corrected chi connectivity index (χ3v) is 12.7. The third-order valence-electron chi connectivity index (χ3n) is 12.7. The summed E-state index contributed by atoms with van der Waals surface area (Å²) in [5.74, 6) is 2.08. The molecule has 334 valence electrons. The molecule has 0 aliphatic carbocycles. The van der Waals surface area contributed by atoms with Crippen LogP contribution in [0.15, 0.2) is 158 Å². The van der Waals surface area contributed by atoms with Gasteiger partial charge in [-0.05, 0) is 80.6 Å². The Morgan fingerprint density at radius 1 is 0.538 bits per heavy atom. The fourth-order valence-corrected chi connectivity index (χ4v) is 8.69. The molecule has 3 heterocycles. The van der Waals surface area contributed by atoms with Crippen LogP contribution in [0.3, 0.4) is 0 Å². The van der Waals surface area contributed by atoms with E-state index in [0.717, 1.165) is 50.1 Å². The van der Waals surface area contributed by atoms with Gasteiger partial charge >= 0.3 is 0 Å². The van der Waals surface area contributed by atoms with Crippen LogP contribution in [0.4, 0.5) is 11.4 Å². The summed E-state index contributed by atoms with van der Waals surface area (Å²) in [6, 6.07) is 57.2. The zero-order valence-corrected chi connectivity index (χ0v) is 41.8. The molecule has 1 aliphatic rings. The molecule has 9 rings (SSSR count). The van der Waals surface area contributed by atoms with Gasteiger partial charge in [-0.3, -0.25) is 0 Å². The summed E-state index contributed by atoms with van der Waals surface area (Å²) in [6.07, 6.45) is 4.16. The first kappa shape index (κ1) is 45.7. The maximum absolute atomic E-state index is 6.86. The smallest absolute Gasteiger partial charge is 0.135 e. The molecule has 0 spiro atoms. The van der Waals surface area contributed by atoms with Gasteiger partial charge in [0, 0.05) is 66.5 Å². The van der Waals surface area contributed by atoms with E-state index in [-0.39, 0.29) is 42.7 Å². The number of aromatic nitrogens is 2. The van der Waals surface area contributed by atoms with Gasteiger partial charge in [-0.15, -0.1) is 53.6 Å². The van der Waals surface area contributed by atoms with Crippen LogP contribution in [-0.4, -0.2) is 9.55 Å². The molecule has 8 aromatic rings. The van der Waals surface area contributed by atoms with Crippen LogP contribution in [0, 0.1) is 24.2 Å². The summed E-state index contributed by atoms with van der Waals surface area (Å²) in [4.78, 5) is 9.47. The third kappa shape index (κ3) is 9.05. The molecule has 2 aromatic heterocycles. The minimum Gasteiger partial charge on any atom is -0.509 e. The molecular weight excluding hydrogens is 976 g/mol. The maximum Gasteiger partial charge on any atom is 0.135 e. The van der Waals surface area contributed by atoms with Gasteiger partial charge in [-0.25, -0.2) is 4.98 Å². The number of allylic oxidation sites excluding steroid dienone is 1. The van der Waals surface area contributed by atoms with Gasteiger partial charge in [0.15, 0.2) is 0 Å². The molecule has 0 N–H and O–H groups in total. The SMILES string of the molecule is CC(C)(C)C1=CN(c2[c-]c(Oc3[c-]c4c(cc3)c3cc(-c5ccccc5)ccc3n4-c3cc(C(C)(C)C)ccn3)cc(C(C)(C)C)c2)[CH-]N1c1cccc(C(C)(C)c2ccccc2)c1.[Pt]. The summed E-state index contributed by atoms with van der Waals surface area (Å²) < 4.78 is 9.09. The minimum absolute atomic E-state index is 0. The number of nitrogens with zero attached hydrogens (tertiary/aromatic N) is 4. The van der Waals surface area contributed by atoms with E-state index in [1.807, 2.05) is 12.3 Å². The zero-order chi connectivity index (χ0) is 45.2. The molecule has 0 amide bonds. The molecule has 0 saturated heterocycles. The van der Waals surface area contributed by atoms with Crippen LogP contribution in [0.2, 0.25) is 0 Å². The van der Waals surface area contributed by atoms with Crippen LogP contribution in [-0.2, 0) is 37.3 Å². The Labute approximate surface area is 401 Å². The molecule has 0 unspecified atom stereocenters. The fourth-order valence-electron chi connectivity index (χ4n) is 8.69. The maximum atomic E-state index is 6.86. The number of ether oxygens (including phenoxy) is 1. The normalized spacial score (nSPS) is 13.6. The van der Waals surface area contributed by atoms with Crippen LogP contribution in [0.1, 0.15) is 98.4 Å². The molecule has 0 radical (unpaired) electrons. The van der Waals surface area contributed by atoms with E-state index in [4.69, 9.17) is 9.72 Å². The quantitative estimate of drug-likeness (QED) is 0.142. The van der Waals surface area contributed by atoms with Crippen LogP contribution in [0.25, 0.3) is 38.8 Å². The standard InChI is InChI=1S/C59H59N4O.Pt/c1-56(2,3)43-29-30-60-55(35-43)63-52-28-25-41(40-19-14-12-15-20-40)31-51(52)50-27-26-48(37-53(50)63)64-49-34-45(57(4,5)6)33-47(36-49)61-38-54(58(7,8)9)62(39-61)46-24-18-23-44(32-46)59(10,11)42-21-16-13-17-22-42;/h12-35,38-39H,1-11H3;/q-3;. The Morgan fingerprint density at radius 2 is 1.23 bits per heavy atom. The molecular formula is C59H59N4OPt-3. The van der Waals surface area contributed by atoms with Crippen molar-refractivity contribution in [3.8, 4) is 28.4 Å². The van der Waals surface area contributed by atoms with Crippen molar-refractivity contribution in [3.63, 3.8) is 0 Å². The van der Waals surface area contributed by atoms with Crippen molar-refractivity contribution in [3.05, 3.63) is 199 Å². The van der Waals surface area contributed by atoms with Gasteiger partial charge in [-0.1, -0.05) is 167 Å². The molecule has 0 saturated carbocycles. The molecule has 65 heavy (non-hydrogen) atoms. The summed E-state index contributed by atoms with van der Waals surface area (Å²) >= 11 is 0. The molecule has 1 aliphatic heterocycles. The Bertz CT molecular complexity index is 3030. The largest absolute Gasteiger partial charge is 0.509 e. The zero-order valence-electron chi connectivity index (χ0n) is 39.5. The van der Waals surface area contributed by atoms with Crippen molar-refractivity contribution in [1.82, 2.24) is 9.55 Å². The van der Waals surface area contributed by atoms with Crippen molar-refractivity contribution in [1.29, 1.82) is 0 Å². The summed E-state index contributed by atoms with van der Waals surface area (Å²) in [6.45, 7) is 27.0. The second-order valence-electron chi connectivity index (χ2n) is 20.8. The van der Waals surface area contributed by atoms with Crippen molar-refractivity contribution in [2.45, 2.75) is 92.4 Å². The number of benzene rings is 6. The number of hydrogen-bond donors (Lipinski definition) is 0. The van der Waals surface area contributed by atoms with Crippen LogP contribution >= 0.6 is 0 Å². The minimum atomic E-state index is -0.171. The van der Waals surface area contributed by atoms with E-state index in [1.165, 1.54) is 28.0 Å². The predicted octanol–water partition coefficient (Wildman–Crippen LogP) is 15.5. The molecule has 0 atom stereocenters. The Kier molecular flexibility index (Phi) is 12.0. The number of hydrogen-bond acceptors (Lipinski definition) is 4. The molecule has 0 fully saturated rings. The second-order valence-corrected chi connectivity index (χ2v) is 20.8. The molecule has 6 heteroatoms. The van der Waals surface area contributed by atoms with Gasteiger partial charge < -0.3 is 19.1 Å². The van der Waals surface area contributed by atoms with Crippen molar-refractivity contribution < 1.29 is 25.8 Å². The Hall–Kier alpha value is -5.90. The van der Waals surface area contributed by atoms with E-state index in [0.29, 0.717) is 11.5 Å². The van der Waals surface area contributed by atoms with Gasteiger partial charge in [0.05, 0.1) is 0 Å². The Morgan fingerprint density at radius 3 is 1.92 bits per heavy atom. The van der Waals surface area contributed by atoms with Gasteiger partial charge in [0.1, 0.15) is 5.82 Å².